The highest BCUT2D eigenvalue weighted by Gasteiger charge is 2.36. The molecule has 0 N–H and O–H groups in total. The van der Waals surface area contributed by atoms with E-state index in [0.717, 1.165) is 70.9 Å². The number of nitrogens with zero attached hydrogens (tertiary/aromatic N) is 2. The van der Waals surface area contributed by atoms with E-state index in [2.05, 4.69) is 12.1 Å². The van der Waals surface area contributed by atoms with Gasteiger partial charge in [-0.25, -0.2) is 0 Å². The molecule has 0 saturated heterocycles. The van der Waals surface area contributed by atoms with Crippen LogP contribution in [0.4, 0.5) is 0 Å². The molecule has 4 atom stereocenters. The fourth-order valence-electron chi connectivity index (χ4n) is 8.55. The Labute approximate surface area is 350 Å². The molecule has 4 aromatic carbocycles. The quantitative estimate of drug-likeness (QED) is 0.164. The van der Waals surface area contributed by atoms with Crippen LogP contribution in [0.5, 0.6) is 23.0 Å². The van der Waals surface area contributed by atoms with Crippen molar-refractivity contribution < 1.29 is 28.5 Å². The minimum Gasteiger partial charge on any atom is -0.493 e. The lowest BCUT2D eigenvalue weighted by Crippen LogP contribution is -2.29. The van der Waals surface area contributed by atoms with Gasteiger partial charge in [0.05, 0.1) is 51.9 Å². The molecule has 4 aliphatic rings. The first-order valence-electron chi connectivity index (χ1n) is 18.5. The van der Waals surface area contributed by atoms with Gasteiger partial charge in [-0.05, 0) is 102 Å². The molecule has 0 bridgehead atoms. The SMILES string of the molecule is COc1cc2c(cc1OC)[C@H]1CCCC[C@H]1N=C2c1ccc(C(=O)Cl)cc1.COc1cc2c(cc1OC)[C@H]1CCCC[C@H]1N=C2c1cccc(C(=O)Cl)c1.Cl.Cl. The average molecular weight is 841 g/mol. The minimum absolute atomic E-state index is 0. The lowest BCUT2D eigenvalue weighted by molar-refractivity contribution is 0.107. The second-order valence-corrected chi connectivity index (χ2v) is 14.9. The molecule has 4 aromatic rings. The number of halogens is 4. The normalized spacial score (nSPS) is 20.2. The van der Waals surface area contributed by atoms with Gasteiger partial charge in [-0.15, -0.1) is 24.8 Å². The van der Waals surface area contributed by atoms with Crippen molar-refractivity contribution in [3.05, 3.63) is 117 Å². The summed E-state index contributed by atoms with van der Waals surface area (Å²) in [6.07, 6.45) is 9.30. The number of methoxy groups -OCH3 is 4. The van der Waals surface area contributed by atoms with Crippen molar-refractivity contribution in [1.82, 2.24) is 0 Å². The van der Waals surface area contributed by atoms with Gasteiger partial charge < -0.3 is 18.9 Å². The molecule has 56 heavy (non-hydrogen) atoms. The number of rotatable bonds is 8. The third kappa shape index (κ3) is 8.59. The van der Waals surface area contributed by atoms with Crippen molar-refractivity contribution in [2.45, 2.75) is 75.3 Å². The van der Waals surface area contributed by atoms with Crippen LogP contribution in [-0.4, -0.2) is 62.4 Å². The zero-order valence-corrected chi connectivity index (χ0v) is 35.0. The fourth-order valence-corrected chi connectivity index (χ4v) is 8.79. The number of hydrogen-bond acceptors (Lipinski definition) is 8. The van der Waals surface area contributed by atoms with Crippen LogP contribution in [0.1, 0.15) is 117 Å². The van der Waals surface area contributed by atoms with Gasteiger partial charge in [0.2, 0.25) is 0 Å². The van der Waals surface area contributed by atoms with E-state index in [9.17, 15) is 9.59 Å². The van der Waals surface area contributed by atoms with E-state index >= 15 is 0 Å². The second kappa shape index (κ2) is 18.9. The van der Waals surface area contributed by atoms with Crippen molar-refractivity contribution in [1.29, 1.82) is 0 Å². The summed E-state index contributed by atoms with van der Waals surface area (Å²) in [6, 6.07) is 23.5. The molecule has 2 aliphatic heterocycles. The predicted molar refractivity (Wildman–Crippen MR) is 228 cm³/mol. The maximum atomic E-state index is 11.6. The smallest absolute Gasteiger partial charge is 0.252 e. The average Bonchev–Trinajstić information content (AvgIpc) is 3.22. The highest BCUT2D eigenvalue weighted by atomic mass is 35.5. The topological polar surface area (TPSA) is 95.8 Å². The Morgan fingerprint density at radius 2 is 0.964 bits per heavy atom. The molecule has 0 radical (unpaired) electrons. The molecule has 8 rings (SSSR count). The van der Waals surface area contributed by atoms with Gasteiger partial charge in [0.1, 0.15) is 0 Å². The zero-order chi connectivity index (χ0) is 37.9. The summed E-state index contributed by atoms with van der Waals surface area (Å²) in [5.41, 5.74) is 9.36. The van der Waals surface area contributed by atoms with Crippen LogP contribution >= 0.6 is 48.0 Å². The number of benzene rings is 4. The largest absolute Gasteiger partial charge is 0.493 e. The summed E-state index contributed by atoms with van der Waals surface area (Å²) in [7, 11) is 6.62. The van der Waals surface area contributed by atoms with E-state index in [-0.39, 0.29) is 36.9 Å². The number of carbonyl (C=O) groups is 2. The second-order valence-electron chi connectivity index (χ2n) is 14.2. The Bertz CT molecular complexity index is 2140. The van der Waals surface area contributed by atoms with Gasteiger partial charge in [0.15, 0.2) is 23.0 Å². The minimum atomic E-state index is -0.462. The van der Waals surface area contributed by atoms with E-state index in [1.807, 2.05) is 42.5 Å². The lowest BCUT2D eigenvalue weighted by Gasteiger charge is -2.35. The fraction of sp³-hybridized carbons (Fsp3) is 0.364. The summed E-state index contributed by atoms with van der Waals surface area (Å²) in [5.74, 6) is 3.70. The molecule has 0 unspecified atom stereocenters. The number of hydrogen-bond donors (Lipinski definition) is 0. The summed E-state index contributed by atoms with van der Waals surface area (Å²) in [5, 5.41) is -0.914. The number of ether oxygens (including phenoxy) is 4. The third-order valence-electron chi connectivity index (χ3n) is 11.2. The molecular weight excluding hydrogens is 794 g/mol. The van der Waals surface area contributed by atoms with Crippen molar-refractivity contribution >= 4 is 69.9 Å². The zero-order valence-electron chi connectivity index (χ0n) is 31.8. The molecule has 0 aromatic heterocycles. The van der Waals surface area contributed by atoms with Crippen LogP contribution in [-0.2, 0) is 0 Å². The van der Waals surface area contributed by atoms with E-state index < -0.39 is 10.5 Å². The Kier molecular flexibility index (Phi) is 14.5. The molecule has 2 fully saturated rings. The first kappa shape index (κ1) is 43.1. The van der Waals surface area contributed by atoms with E-state index in [1.165, 1.54) is 36.8 Å². The lowest BCUT2D eigenvalue weighted by atomic mass is 9.75. The molecule has 8 nitrogen and oxygen atoms in total. The van der Waals surface area contributed by atoms with Crippen LogP contribution in [0, 0.1) is 0 Å². The van der Waals surface area contributed by atoms with Gasteiger partial charge in [0, 0.05) is 45.2 Å². The Balaban J connectivity index is 0.000000207. The summed E-state index contributed by atoms with van der Waals surface area (Å²) in [6.45, 7) is 0. The van der Waals surface area contributed by atoms with E-state index in [0.29, 0.717) is 34.5 Å². The monoisotopic (exact) mass is 838 g/mol. The van der Waals surface area contributed by atoms with Crippen LogP contribution < -0.4 is 18.9 Å². The van der Waals surface area contributed by atoms with Crippen molar-refractivity contribution in [2.24, 2.45) is 9.98 Å². The standard InChI is InChI=1S/2C22H22ClNO3.2ClH/c1-26-19-11-16-15-8-3-4-9-18(15)24-21(17(16)12-20(19)27-2)13-6-5-7-14(10-13)22(23)25;1-26-19-11-16-15-5-3-4-6-18(15)24-21(17(16)12-20(19)27-2)13-7-9-14(10-8-13)22(23)25;;/h5-7,10-12,15,18H,3-4,8-9H2,1-2H3;7-12,15,18H,3-6H2,1-2H3;2*1H/t2*15-,18-;;/m11../s1. The first-order valence-corrected chi connectivity index (χ1v) is 19.3. The van der Waals surface area contributed by atoms with Crippen molar-refractivity contribution in [2.75, 3.05) is 28.4 Å². The first-order chi connectivity index (χ1) is 26.2. The molecule has 0 amide bonds. The summed E-state index contributed by atoms with van der Waals surface area (Å²) >= 11 is 11.3. The van der Waals surface area contributed by atoms with Crippen LogP contribution in [0.15, 0.2) is 82.8 Å². The molecule has 2 saturated carbocycles. The Morgan fingerprint density at radius 3 is 1.41 bits per heavy atom. The van der Waals surface area contributed by atoms with E-state index in [1.54, 1.807) is 46.6 Å². The number of carbonyl (C=O) groups excluding carboxylic acids is 2. The van der Waals surface area contributed by atoms with Gasteiger partial charge in [-0.3, -0.25) is 19.6 Å². The van der Waals surface area contributed by atoms with Gasteiger partial charge in [0.25, 0.3) is 10.5 Å². The predicted octanol–water partition coefficient (Wildman–Crippen LogP) is 10.8. The Hall–Kier alpha value is -4.08. The maximum Gasteiger partial charge on any atom is 0.252 e. The molecular formula is C44H46Cl4N2O6. The van der Waals surface area contributed by atoms with Gasteiger partial charge in [-0.2, -0.15) is 0 Å². The van der Waals surface area contributed by atoms with Crippen LogP contribution in [0.2, 0.25) is 0 Å². The summed E-state index contributed by atoms with van der Waals surface area (Å²) in [4.78, 5) is 33.2. The van der Waals surface area contributed by atoms with Gasteiger partial charge >= 0.3 is 0 Å². The summed E-state index contributed by atoms with van der Waals surface area (Å²) < 4.78 is 22.2. The van der Waals surface area contributed by atoms with Crippen LogP contribution in [0.25, 0.3) is 0 Å². The Morgan fingerprint density at radius 1 is 0.536 bits per heavy atom. The highest BCUT2D eigenvalue weighted by molar-refractivity contribution is 6.68. The number of aliphatic imine (C=N–C) groups is 2. The molecule has 0 spiro atoms. The molecule has 12 heteroatoms. The molecule has 296 valence electrons. The number of fused-ring (bicyclic) bond motifs is 6. The molecule has 2 aliphatic carbocycles. The third-order valence-corrected chi connectivity index (χ3v) is 11.7. The maximum absolute atomic E-state index is 11.6. The highest BCUT2D eigenvalue weighted by Crippen LogP contribution is 2.46. The van der Waals surface area contributed by atoms with Crippen molar-refractivity contribution in [3.8, 4) is 23.0 Å². The van der Waals surface area contributed by atoms with Gasteiger partial charge in [-0.1, -0.05) is 56.0 Å². The van der Waals surface area contributed by atoms with E-state index in [4.69, 9.17) is 52.1 Å². The van der Waals surface area contributed by atoms with Crippen molar-refractivity contribution in [3.63, 3.8) is 0 Å². The van der Waals surface area contributed by atoms with Crippen LogP contribution in [0.3, 0.4) is 0 Å². The molecule has 2 heterocycles.